The first kappa shape index (κ1) is 17.0. The van der Waals surface area contributed by atoms with E-state index in [-0.39, 0.29) is 12.4 Å². The maximum absolute atomic E-state index is 12.0. The van der Waals surface area contributed by atoms with Gasteiger partial charge in [0, 0.05) is 11.2 Å². The molecule has 0 aliphatic heterocycles. The lowest BCUT2D eigenvalue weighted by atomic mass is 10.3. The van der Waals surface area contributed by atoms with Crippen molar-refractivity contribution in [3.8, 4) is 0 Å². The van der Waals surface area contributed by atoms with Crippen LogP contribution in [0.2, 0.25) is 5.02 Å². The Morgan fingerprint density at radius 3 is 2.43 bits per heavy atom. The fraction of sp³-hybridized carbons (Fsp3) is 0.154. The fourth-order valence-electron chi connectivity index (χ4n) is 1.81. The smallest absolute Gasteiger partial charge is 0.342 e. The SMILES string of the molecule is CS(=O)(=O)N(Cc1ncc(C(=O)O)c(=O)[nH]1)c1ccc(Cl)cc1. The summed E-state index contributed by atoms with van der Waals surface area (Å²) in [5.41, 5.74) is -1.04. The molecular formula is C13H12ClN3O5S. The van der Waals surface area contributed by atoms with Crippen LogP contribution in [0.1, 0.15) is 16.2 Å². The van der Waals surface area contributed by atoms with Gasteiger partial charge in [-0.25, -0.2) is 18.2 Å². The van der Waals surface area contributed by atoms with Crippen LogP contribution in [-0.2, 0) is 16.6 Å². The van der Waals surface area contributed by atoms with Crippen molar-refractivity contribution in [1.29, 1.82) is 0 Å². The number of carbonyl (C=O) groups is 1. The fourth-order valence-corrected chi connectivity index (χ4v) is 2.80. The lowest BCUT2D eigenvalue weighted by Crippen LogP contribution is -2.31. The monoisotopic (exact) mass is 357 g/mol. The number of carboxylic acid groups (broad SMARTS) is 1. The van der Waals surface area contributed by atoms with E-state index in [0.717, 1.165) is 16.8 Å². The second kappa shape index (κ2) is 6.39. The number of carboxylic acids is 1. The normalized spacial score (nSPS) is 11.2. The van der Waals surface area contributed by atoms with Gasteiger partial charge in [0.05, 0.1) is 18.5 Å². The van der Waals surface area contributed by atoms with Crippen molar-refractivity contribution in [2.75, 3.05) is 10.6 Å². The number of nitrogens with zero attached hydrogens (tertiary/aromatic N) is 2. The Kier molecular flexibility index (Phi) is 4.71. The van der Waals surface area contributed by atoms with Crippen LogP contribution >= 0.6 is 11.6 Å². The number of hydrogen-bond acceptors (Lipinski definition) is 5. The third-order valence-electron chi connectivity index (χ3n) is 2.89. The van der Waals surface area contributed by atoms with Crippen LogP contribution in [0.4, 0.5) is 5.69 Å². The summed E-state index contributed by atoms with van der Waals surface area (Å²) >= 11 is 5.78. The average Bonchev–Trinajstić information content (AvgIpc) is 2.44. The number of aromatic nitrogens is 2. The standard InChI is InChI=1S/C13H12ClN3O5S/c1-23(21,22)17(9-4-2-8(14)3-5-9)7-11-15-6-10(13(19)20)12(18)16-11/h2-6H,7H2,1H3,(H,19,20)(H,15,16,18). The van der Waals surface area contributed by atoms with Gasteiger partial charge in [-0.15, -0.1) is 0 Å². The van der Waals surface area contributed by atoms with Crippen LogP contribution < -0.4 is 9.86 Å². The number of sulfonamides is 1. The molecule has 23 heavy (non-hydrogen) atoms. The maximum Gasteiger partial charge on any atom is 0.342 e. The summed E-state index contributed by atoms with van der Waals surface area (Å²) in [7, 11) is -3.66. The molecule has 2 rings (SSSR count). The molecule has 1 heterocycles. The molecule has 0 bridgehead atoms. The van der Waals surface area contributed by atoms with Gasteiger partial charge < -0.3 is 10.1 Å². The minimum Gasteiger partial charge on any atom is -0.477 e. The topological polar surface area (TPSA) is 120 Å². The van der Waals surface area contributed by atoms with Crippen LogP contribution in [0.5, 0.6) is 0 Å². The number of halogens is 1. The minimum atomic E-state index is -3.66. The van der Waals surface area contributed by atoms with Gasteiger partial charge in [0.2, 0.25) is 10.0 Å². The summed E-state index contributed by atoms with van der Waals surface area (Å²) in [6.45, 7) is -0.254. The molecule has 0 atom stereocenters. The van der Waals surface area contributed by atoms with E-state index in [0.29, 0.717) is 10.7 Å². The second-order valence-corrected chi connectivity index (χ2v) is 6.97. The Morgan fingerprint density at radius 1 is 1.35 bits per heavy atom. The molecule has 0 radical (unpaired) electrons. The third kappa shape index (κ3) is 4.08. The summed E-state index contributed by atoms with van der Waals surface area (Å²) in [6, 6.07) is 6.07. The van der Waals surface area contributed by atoms with Gasteiger partial charge in [-0.3, -0.25) is 9.10 Å². The zero-order valence-corrected chi connectivity index (χ0v) is 13.4. The van der Waals surface area contributed by atoms with Crippen LogP contribution in [0.25, 0.3) is 0 Å². The Morgan fingerprint density at radius 2 is 1.96 bits per heavy atom. The van der Waals surface area contributed by atoms with Crippen molar-refractivity contribution in [3.05, 3.63) is 57.2 Å². The van der Waals surface area contributed by atoms with Crippen LogP contribution in [0, 0.1) is 0 Å². The Balaban J connectivity index is 2.40. The quantitative estimate of drug-likeness (QED) is 0.826. The Labute approximate surface area is 136 Å². The molecule has 1 aromatic heterocycles. The summed E-state index contributed by atoms with van der Waals surface area (Å²) in [5.74, 6) is -1.40. The molecule has 0 saturated heterocycles. The average molecular weight is 358 g/mol. The second-order valence-electron chi connectivity index (χ2n) is 4.62. The largest absolute Gasteiger partial charge is 0.477 e. The Bertz CT molecular complexity index is 893. The zero-order chi connectivity index (χ0) is 17.2. The van der Waals surface area contributed by atoms with E-state index in [1.54, 1.807) is 0 Å². The first-order valence-corrected chi connectivity index (χ1v) is 8.46. The molecule has 0 amide bonds. The minimum absolute atomic E-state index is 0.0142. The van der Waals surface area contributed by atoms with E-state index < -0.39 is 27.1 Å². The van der Waals surface area contributed by atoms with Gasteiger partial charge in [-0.05, 0) is 24.3 Å². The van der Waals surface area contributed by atoms with Crippen molar-refractivity contribution >= 4 is 33.3 Å². The van der Waals surface area contributed by atoms with Crippen molar-refractivity contribution in [3.63, 3.8) is 0 Å². The Hall–Kier alpha value is -2.39. The molecule has 122 valence electrons. The number of aromatic carboxylic acids is 1. The number of aromatic amines is 1. The number of benzene rings is 1. The van der Waals surface area contributed by atoms with Gasteiger partial charge in [-0.2, -0.15) is 0 Å². The van der Waals surface area contributed by atoms with Gasteiger partial charge in [0.15, 0.2) is 0 Å². The highest BCUT2D eigenvalue weighted by molar-refractivity contribution is 7.92. The van der Waals surface area contributed by atoms with Gasteiger partial charge in [0.25, 0.3) is 5.56 Å². The van der Waals surface area contributed by atoms with Gasteiger partial charge in [0.1, 0.15) is 11.4 Å². The molecule has 10 heteroatoms. The van der Waals surface area contributed by atoms with Crippen LogP contribution in [0.3, 0.4) is 0 Å². The predicted molar refractivity (Wildman–Crippen MR) is 84.3 cm³/mol. The number of anilines is 1. The van der Waals surface area contributed by atoms with Crippen molar-refractivity contribution in [1.82, 2.24) is 9.97 Å². The molecule has 1 aromatic carbocycles. The lowest BCUT2D eigenvalue weighted by Gasteiger charge is -2.21. The van der Waals surface area contributed by atoms with E-state index in [1.165, 1.54) is 24.3 Å². The highest BCUT2D eigenvalue weighted by Gasteiger charge is 2.20. The maximum atomic E-state index is 12.0. The number of rotatable bonds is 5. The van der Waals surface area contributed by atoms with Crippen molar-refractivity contribution in [2.24, 2.45) is 0 Å². The number of hydrogen-bond donors (Lipinski definition) is 2. The molecule has 0 saturated carbocycles. The summed E-state index contributed by atoms with van der Waals surface area (Å²) in [4.78, 5) is 28.5. The molecule has 2 N–H and O–H groups in total. The summed E-state index contributed by atoms with van der Waals surface area (Å²) in [5, 5.41) is 9.24. The van der Waals surface area contributed by atoms with Crippen molar-refractivity contribution in [2.45, 2.75) is 6.54 Å². The first-order chi connectivity index (χ1) is 10.7. The first-order valence-electron chi connectivity index (χ1n) is 6.23. The summed E-state index contributed by atoms with van der Waals surface area (Å²) in [6.07, 6.45) is 1.89. The van der Waals surface area contributed by atoms with E-state index in [4.69, 9.17) is 16.7 Å². The van der Waals surface area contributed by atoms with E-state index in [2.05, 4.69) is 9.97 Å². The molecule has 0 fully saturated rings. The predicted octanol–water partition coefficient (Wildman–Crippen LogP) is 1.09. The van der Waals surface area contributed by atoms with E-state index in [9.17, 15) is 18.0 Å². The molecule has 0 aliphatic carbocycles. The molecule has 0 spiro atoms. The molecular weight excluding hydrogens is 346 g/mol. The zero-order valence-electron chi connectivity index (χ0n) is 11.9. The van der Waals surface area contributed by atoms with Crippen molar-refractivity contribution < 1.29 is 18.3 Å². The van der Waals surface area contributed by atoms with E-state index >= 15 is 0 Å². The van der Waals surface area contributed by atoms with Crippen LogP contribution in [-0.4, -0.2) is 35.7 Å². The molecule has 2 aromatic rings. The molecule has 0 aliphatic rings. The van der Waals surface area contributed by atoms with E-state index in [1.807, 2.05) is 0 Å². The van der Waals surface area contributed by atoms with Gasteiger partial charge in [-0.1, -0.05) is 11.6 Å². The highest BCUT2D eigenvalue weighted by Crippen LogP contribution is 2.21. The number of nitrogens with one attached hydrogen (secondary N) is 1. The molecule has 0 unspecified atom stereocenters. The van der Waals surface area contributed by atoms with Gasteiger partial charge >= 0.3 is 5.97 Å². The third-order valence-corrected chi connectivity index (χ3v) is 4.28. The highest BCUT2D eigenvalue weighted by atomic mass is 35.5. The lowest BCUT2D eigenvalue weighted by molar-refractivity contribution is 0.0694. The van der Waals surface area contributed by atoms with Crippen LogP contribution in [0.15, 0.2) is 35.3 Å². The molecule has 8 nitrogen and oxygen atoms in total. The number of H-pyrrole nitrogens is 1. The summed E-state index contributed by atoms with van der Waals surface area (Å²) < 4.78 is 24.9.